The zero-order valence-corrected chi connectivity index (χ0v) is 23.0. The minimum absolute atomic E-state index is 0.159. The highest BCUT2D eigenvalue weighted by Gasteiger charge is 2.30. The van der Waals surface area contributed by atoms with Crippen molar-refractivity contribution in [2.45, 2.75) is 60.5 Å². The summed E-state index contributed by atoms with van der Waals surface area (Å²) in [5.41, 5.74) is 3.24. The van der Waals surface area contributed by atoms with Crippen molar-refractivity contribution < 1.29 is 19.1 Å². The van der Waals surface area contributed by atoms with E-state index in [1.54, 1.807) is 6.07 Å². The summed E-state index contributed by atoms with van der Waals surface area (Å²) >= 11 is 6.63. The minimum atomic E-state index is -0.668. The molecule has 0 saturated carbocycles. The molecule has 1 unspecified atom stereocenters. The van der Waals surface area contributed by atoms with Crippen molar-refractivity contribution in [1.82, 2.24) is 9.55 Å². The third-order valence-corrected chi connectivity index (χ3v) is 6.08. The van der Waals surface area contributed by atoms with Gasteiger partial charge in [-0.2, -0.15) is 0 Å². The number of aryl methyl sites for hydroxylation is 1. The van der Waals surface area contributed by atoms with Crippen LogP contribution in [0.1, 0.15) is 53.5 Å². The van der Waals surface area contributed by atoms with Gasteiger partial charge in [-0.25, -0.2) is 14.3 Å². The Hall–Kier alpha value is -3.06. The van der Waals surface area contributed by atoms with Gasteiger partial charge in [0.05, 0.1) is 28.6 Å². The molecule has 2 aromatic carbocycles. The molecule has 1 aliphatic heterocycles. The average Bonchev–Trinajstić information content (AvgIpc) is 3.45. The van der Waals surface area contributed by atoms with Crippen LogP contribution < -0.4 is 4.90 Å². The maximum absolute atomic E-state index is 13.2. The second-order valence-corrected chi connectivity index (χ2v) is 10.00. The van der Waals surface area contributed by atoms with Crippen molar-refractivity contribution in [1.29, 1.82) is 0 Å². The van der Waals surface area contributed by atoms with Gasteiger partial charge in [0.15, 0.2) is 5.82 Å². The lowest BCUT2D eigenvalue weighted by molar-refractivity contribution is -0.147. The molecule has 0 amide bonds. The summed E-state index contributed by atoms with van der Waals surface area (Å²) in [6.45, 7) is 15.0. The number of anilines is 1. The van der Waals surface area contributed by atoms with Crippen LogP contribution in [0, 0.1) is 12.8 Å². The van der Waals surface area contributed by atoms with Gasteiger partial charge >= 0.3 is 12.1 Å². The Morgan fingerprint density at radius 2 is 1.86 bits per heavy atom. The molecule has 7 nitrogen and oxygen atoms in total. The molecule has 1 atom stereocenters. The third kappa shape index (κ3) is 6.01. The first kappa shape index (κ1) is 27.5. The van der Waals surface area contributed by atoms with Gasteiger partial charge in [0.1, 0.15) is 5.60 Å². The van der Waals surface area contributed by atoms with Crippen molar-refractivity contribution >= 4 is 40.4 Å². The molecule has 3 aromatic rings. The summed E-state index contributed by atoms with van der Waals surface area (Å²) in [7, 11) is 0. The Labute approximate surface area is 218 Å². The maximum Gasteiger partial charge on any atom is 0.420 e. The number of rotatable bonds is 4. The van der Waals surface area contributed by atoms with Gasteiger partial charge in [0.2, 0.25) is 0 Å². The SMILES string of the molecule is CC.CCOC(=O)C1CCN(c2ccc(Cl)c(-c3nc4cc(C)ccc4n3C(=O)OC(C)(C)C)c2)C1. The quantitative estimate of drug-likeness (QED) is 0.354. The third-order valence-electron chi connectivity index (χ3n) is 5.75. The molecule has 194 valence electrons. The van der Waals surface area contributed by atoms with Crippen molar-refractivity contribution in [2.75, 3.05) is 24.6 Å². The average molecular weight is 514 g/mol. The molecule has 1 saturated heterocycles. The van der Waals surface area contributed by atoms with Crippen LogP contribution in [0.5, 0.6) is 0 Å². The van der Waals surface area contributed by atoms with Crippen LogP contribution >= 0.6 is 11.6 Å². The van der Waals surface area contributed by atoms with Crippen LogP contribution in [-0.4, -0.2) is 46.9 Å². The van der Waals surface area contributed by atoms with Crippen LogP contribution in [0.15, 0.2) is 36.4 Å². The largest absolute Gasteiger partial charge is 0.466 e. The van der Waals surface area contributed by atoms with Crippen molar-refractivity contribution in [3.8, 4) is 11.4 Å². The molecule has 0 bridgehead atoms. The molecule has 0 N–H and O–H groups in total. The number of esters is 1. The molecular weight excluding hydrogens is 478 g/mol. The van der Waals surface area contributed by atoms with E-state index in [4.69, 9.17) is 26.1 Å². The van der Waals surface area contributed by atoms with Gasteiger partial charge in [-0.15, -0.1) is 0 Å². The first-order chi connectivity index (χ1) is 17.1. The molecule has 0 spiro atoms. The zero-order chi connectivity index (χ0) is 26.6. The highest BCUT2D eigenvalue weighted by Crippen LogP contribution is 2.36. The predicted molar refractivity (Wildman–Crippen MR) is 145 cm³/mol. The van der Waals surface area contributed by atoms with E-state index in [-0.39, 0.29) is 11.9 Å². The van der Waals surface area contributed by atoms with Gasteiger partial charge < -0.3 is 14.4 Å². The number of hydrogen-bond donors (Lipinski definition) is 0. The number of hydrogen-bond acceptors (Lipinski definition) is 6. The van der Waals surface area contributed by atoms with Crippen LogP contribution in [0.2, 0.25) is 5.02 Å². The van der Waals surface area contributed by atoms with Gasteiger partial charge in [0, 0.05) is 24.3 Å². The first-order valence-electron chi connectivity index (χ1n) is 12.5. The summed E-state index contributed by atoms with van der Waals surface area (Å²) in [6, 6.07) is 11.4. The van der Waals surface area contributed by atoms with Crippen LogP contribution in [0.25, 0.3) is 22.4 Å². The van der Waals surface area contributed by atoms with Crippen LogP contribution in [-0.2, 0) is 14.3 Å². The second-order valence-electron chi connectivity index (χ2n) is 9.59. The van der Waals surface area contributed by atoms with Gasteiger partial charge in [-0.3, -0.25) is 4.79 Å². The Morgan fingerprint density at radius 3 is 2.53 bits per heavy atom. The summed E-state index contributed by atoms with van der Waals surface area (Å²) < 4.78 is 12.4. The van der Waals surface area contributed by atoms with Crippen LogP contribution in [0.3, 0.4) is 0 Å². The number of carbonyl (C=O) groups excluding carboxylic acids is 2. The monoisotopic (exact) mass is 513 g/mol. The molecule has 1 aliphatic rings. The number of ether oxygens (including phenoxy) is 2. The molecular formula is C28H36ClN3O4. The number of benzene rings is 2. The van der Waals surface area contributed by atoms with Gasteiger partial charge in [0.25, 0.3) is 0 Å². The Morgan fingerprint density at radius 1 is 1.14 bits per heavy atom. The van der Waals surface area contributed by atoms with E-state index in [0.717, 1.165) is 24.2 Å². The lowest BCUT2D eigenvalue weighted by Crippen LogP contribution is -2.27. The Kier molecular flexibility index (Phi) is 8.67. The zero-order valence-electron chi connectivity index (χ0n) is 22.2. The summed E-state index contributed by atoms with van der Waals surface area (Å²) in [4.78, 5) is 32.3. The molecule has 36 heavy (non-hydrogen) atoms. The summed E-state index contributed by atoms with van der Waals surface area (Å²) in [5.74, 6) is 0.0949. The molecule has 2 heterocycles. The Balaban J connectivity index is 0.00000176. The number of nitrogens with zero attached hydrogens (tertiary/aromatic N) is 3. The first-order valence-corrected chi connectivity index (χ1v) is 12.9. The van der Waals surface area contributed by atoms with Crippen LogP contribution in [0.4, 0.5) is 10.5 Å². The van der Waals surface area contributed by atoms with Gasteiger partial charge in [-0.1, -0.05) is 31.5 Å². The number of fused-ring (bicyclic) bond motifs is 1. The molecule has 4 rings (SSSR count). The number of imidazole rings is 1. The van der Waals surface area contributed by atoms with Crippen molar-refractivity contribution in [3.05, 3.63) is 47.0 Å². The fourth-order valence-corrected chi connectivity index (χ4v) is 4.39. The predicted octanol–water partition coefficient (Wildman–Crippen LogP) is 6.86. The van der Waals surface area contributed by atoms with Crippen molar-refractivity contribution in [3.63, 3.8) is 0 Å². The van der Waals surface area contributed by atoms with E-state index in [0.29, 0.717) is 40.6 Å². The number of carbonyl (C=O) groups is 2. The van der Waals surface area contributed by atoms with E-state index in [1.807, 2.05) is 78.8 Å². The fraction of sp³-hybridized carbons (Fsp3) is 0.464. The summed E-state index contributed by atoms with van der Waals surface area (Å²) in [5, 5.41) is 0.474. The normalized spacial score (nSPS) is 15.4. The topological polar surface area (TPSA) is 73.7 Å². The van der Waals surface area contributed by atoms with E-state index in [1.165, 1.54) is 4.57 Å². The number of aromatic nitrogens is 2. The molecule has 1 aromatic heterocycles. The molecule has 0 aliphatic carbocycles. The highest BCUT2D eigenvalue weighted by molar-refractivity contribution is 6.33. The lowest BCUT2D eigenvalue weighted by atomic mass is 10.1. The number of halogens is 1. The minimum Gasteiger partial charge on any atom is -0.466 e. The molecule has 0 radical (unpaired) electrons. The fourth-order valence-electron chi connectivity index (χ4n) is 4.19. The standard InChI is InChI=1S/C26H30ClN3O4.C2H6/c1-6-33-24(31)17-11-12-29(15-17)18-8-9-20(27)19(14-18)23-28-21-13-16(2)7-10-22(21)30(23)25(32)34-26(3,4)5;1-2/h7-10,13-14,17H,6,11-12,15H2,1-5H3;1-2H3. The summed E-state index contributed by atoms with van der Waals surface area (Å²) in [6.07, 6.45) is 0.214. The van der Waals surface area contributed by atoms with E-state index < -0.39 is 11.7 Å². The van der Waals surface area contributed by atoms with Gasteiger partial charge in [-0.05, 0) is 76.9 Å². The molecule has 1 fully saturated rings. The van der Waals surface area contributed by atoms with E-state index >= 15 is 0 Å². The van der Waals surface area contributed by atoms with E-state index in [2.05, 4.69) is 4.90 Å². The van der Waals surface area contributed by atoms with Crippen molar-refractivity contribution in [2.24, 2.45) is 5.92 Å². The maximum atomic E-state index is 13.2. The highest BCUT2D eigenvalue weighted by atomic mass is 35.5. The second kappa shape index (κ2) is 11.3. The van der Waals surface area contributed by atoms with E-state index in [9.17, 15) is 9.59 Å². The lowest BCUT2D eigenvalue weighted by Gasteiger charge is -2.22. The smallest absolute Gasteiger partial charge is 0.420 e. The Bertz CT molecular complexity index is 1250. The molecule has 8 heteroatoms.